The lowest BCUT2D eigenvalue weighted by atomic mass is 10.1. The summed E-state index contributed by atoms with van der Waals surface area (Å²) in [7, 11) is 3.89. The van der Waals surface area contributed by atoms with Gasteiger partial charge in [0.05, 0.1) is 11.4 Å². The maximum Gasteiger partial charge on any atom is 0.0996 e. The summed E-state index contributed by atoms with van der Waals surface area (Å²) >= 11 is 0. The molecule has 0 aliphatic heterocycles. The van der Waals surface area contributed by atoms with Crippen molar-refractivity contribution in [1.82, 2.24) is 20.3 Å². The second-order valence-electron chi connectivity index (χ2n) is 4.07. The Balaban J connectivity index is 2.67. The van der Waals surface area contributed by atoms with E-state index in [-0.39, 0.29) is 0 Å². The zero-order chi connectivity index (χ0) is 10.6. The first kappa shape index (κ1) is 11.2. The molecule has 0 saturated heterocycles. The quantitative estimate of drug-likeness (QED) is 0.767. The molecule has 1 rings (SSSR count). The molecule has 0 fully saturated rings. The van der Waals surface area contributed by atoms with Crippen molar-refractivity contribution in [3.63, 3.8) is 0 Å². The minimum Gasteiger partial charge on any atom is -0.314 e. The smallest absolute Gasteiger partial charge is 0.0996 e. The third kappa shape index (κ3) is 2.80. The van der Waals surface area contributed by atoms with Crippen LogP contribution in [0.15, 0.2) is 0 Å². The maximum atomic E-state index is 4.13. The van der Waals surface area contributed by atoms with E-state index in [1.54, 1.807) is 0 Å². The fourth-order valence-electron chi connectivity index (χ4n) is 1.46. The number of rotatable bonds is 5. The van der Waals surface area contributed by atoms with Crippen molar-refractivity contribution in [2.75, 3.05) is 7.05 Å². The van der Waals surface area contributed by atoms with Gasteiger partial charge in [-0.3, -0.25) is 4.68 Å². The van der Waals surface area contributed by atoms with Gasteiger partial charge in [-0.25, -0.2) is 0 Å². The molecule has 0 radical (unpaired) electrons. The summed E-state index contributed by atoms with van der Waals surface area (Å²) in [5, 5.41) is 11.3. The van der Waals surface area contributed by atoms with Gasteiger partial charge in [0, 0.05) is 13.6 Å². The lowest BCUT2D eigenvalue weighted by Gasteiger charge is -2.06. The predicted molar refractivity (Wildman–Crippen MR) is 56.9 cm³/mol. The van der Waals surface area contributed by atoms with Gasteiger partial charge in [0.1, 0.15) is 0 Å². The van der Waals surface area contributed by atoms with Gasteiger partial charge in [0.25, 0.3) is 0 Å². The first-order valence-electron chi connectivity index (χ1n) is 5.17. The Morgan fingerprint density at radius 1 is 1.43 bits per heavy atom. The van der Waals surface area contributed by atoms with E-state index in [0.717, 1.165) is 24.6 Å². The standard InChI is InChI=1S/C10H20N4/c1-8(2)5-6-10-9(7-11-3)12-13-14(10)4/h8,11H,5-7H2,1-4H3. The number of hydrogen-bond donors (Lipinski definition) is 1. The van der Waals surface area contributed by atoms with Crippen LogP contribution in [-0.4, -0.2) is 22.0 Å². The summed E-state index contributed by atoms with van der Waals surface area (Å²) in [4.78, 5) is 0. The van der Waals surface area contributed by atoms with Crippen LogP contribution >= 0.6 is 0 Å². The Morgan fingerprint density at radius 2 is 2.14 bits per heavy atom. The van der Waals surface area contributed by atoms with E-state index in [0.29, 0.717) is 0 Å². The molecule has 0 aromatic carbocycles. The minimum absolute atomic E-state index is 0.729. The lowest BCUT2D eigenvalue weighted by molar-refractivity contribution is 0.560. The lowest BCUT2D eigenvalue weighted by Crippen LogP contribution is -2.09. The van der Waals surface area contributed by atoms with Crippen LogP contribution in [0.3, 0.4) is 0 Å². The van der Waals surface area contributed by atoms with E-state index >= 15 is 0 Å². The second kappa shape index (κ2) is 5.10. The van der Waals surface area contributed by atoms with Gasteiger partial charge >= 0.3 is 0 Å². The normalized spacial score (nSPS) is 11.2. The van der Waals surface area contributed by atoms with E-state index in [2.05, 4.69) is 29.5 Å². The molecule has 4 heteroatoms. The van der Waals surface area contributed by atoms with Crippen LogP contribution in [-0.2, 0) is 20.0 Å². The summed E-state index contributed by atoms with van der Waals surface area (Å²) < 4.78 is 1.88. The van der Waals surface area contributed by atoms with Crippen molar-refractivity contribution in [2.45, 2.75) is 33.2 Å². The first-order chi connectivity index (χ1) is 6.65. The second-order valence-corrected chi connectivity index (χ2v) is 4.07. The molecule has 1 aromatic heterocycles. The Kier molecular flexibility index (Phi) is 4.07. The Morgan fingerprint density at radius 3 is 2.71 bits per heavy atom. The average Bonchev–Trinajstić information content (AvgIpc) is 2.45. The van der Waals surface area contributed by atoms with Crippen molar-refractivity contribution in [3.05, 3.63) is 11.4 Å². The number of aromatic nitrogens is 3. The summed E-state index contributed by atoms with van der Waals surface area (Å²) in [6, 6.07) is 0. The molecular weight excluding hydrogens is 176 g/mol. The predicted octanol–water partition coefficient (Wildman–Crippen LogP) is 1.12. The van der Waals surface area contributed by atoms with E-state index in [4.69, 9.17) is 0 Å². The zero-order valence-electron chi connectivity index (χ0n) is 9.54. The van der Waals surface area contributed by atoms with Crippen LogP contribution in [0.1, 0.15) is 31.7 Å². The fourth-order valence-corrected chi connectivity index (χ4v) is 1.46. The van der Waals surface area contributed by atoms with Crippen molar-refractivity contribution in [1.29, 1.82) is 0 Å². The minimum atomic E-state index is 0.729. The number of aryl methyl sites for hydroxylation is 1. The molecule has 0 unspecified atom stereocenters. The van der Waals surface area contributed by atoms with Crippen molar-refractivity contribution in [2.24, 2.45) is 13.0 Å². The van der Waals surface area contributed by atoms with E-state index in [1.165, 1.54) is 12.1 Å². The number of nitrogens with zero attached hydrogens (tertiary/aromatic N) is 3. The number of nitrogens with one attached hydrogen (secondary N) is 1. The zero-order valence-corrected chi connectivity index (χ0v) is 9.54. The summed E-state index contributed by atoms with van der Waals surface area (Å²) in [6.45, 7) is 5.28. The monoisotopic (exact) mass is 196 g/mol. The van der Waals surface area contributed by atoms with Gasteiger partial charge in [-0.1, -0.05) is 19.1 Å². The average molecular weight is 196 g/mol. The van der Waals surface area contributed by atoms with Gasteiger partial charge in [-0.05, 0) is 25.8 Å². The molecule has 0 aliphatic carbocycles. The molecule has 1 heterocycles. The highest BCUT2D eigenvalue weighted by molar-refractivity contribution is 5.09. The van der Waals surface area contributed by atoms with E-state index in [1.807, 2.05) is 18.8 Å². The van der Waals surface area contributed by atoms with Crippen LogP contribution < -0.4 is 5.32 Å². The SMILES string of the molecule is CNCc1nnn(C)c1CCC(C)C. The highest BCUT2D eigenvalue weighted by Crippen LogP contribution is 2.11. The van der Waals surface area contributed by atoms with Crippen LogP contribution in [0.5, 0.6) is 0 Å². The Bertz CT molecular complexity index is 278. The van der Waals surface area contributed by atoms with Crippen LogP contribution in [0.2, 0.25) is 0 Å². The largest absolute Gasteiger partial charge is 0.314 e. The first-order valence-corrected chi connectivity index (χ1v) is 5.17. The Labute approximate surface area is 85.7 Å². The van der Waals surface area contributed by atoms with Crippen molar-refractivity contribution in [3.8, 4) is 0 Å². The third-order valence-electron chi connectivity index (χ3n) is 2.33. The van der Waals surface area contributed by atoms with Crippen LogP contribution in [0, 0.1) is 5.92 Å². The molecule has 14 heavy (non-hydrogen) atoms. The van der Waals surface area contributed by atoms with E-state index in [9.17, 15) is 0 Å². The molecule has 4 nitrogen and oxygen atoms in total. The topological polar surface area (TPSA) is 42.7 Å². The molecule has 80 valence electrons. The fraction of sp³-hybridized carbons (Fsp3) is 0.800. The molecule has 0 aliphatic rings. The highest BCUT2D eigenvalue weighted by atomic mass is 15.4. The summed E-state index contributed by atoms with van der Waals surface area (Å²) in [6.07, 6.45) is 2.26. The molecule has 1 aromatic rings. The molecule has 0 bridgehead atoms. The van der Waals surface area contributed by atoms with Crippen LogP contribution in [0.25, 0.3) is 0 Å². The summed E-state index contributed by atoms with van der Waals surface area (Å²) in [5.41, 5.74) is 2.34. The molecule has 1 N–H and O–H groups in total. The number of hydrogen-bond acceptors (Lipinski definition) is 3. The Hall–Kier alpha value is -0.900. The molecular formula is C10H20N4. The third-order valence-corrected chi connectivity index (χ3v) is 2.33. The molecule has 0 atom stereocenters. The molecule has 0 amide bonds. The van der Waals surface area contributed by atoms with E-state index < -0.39 is 0 Å². The molecule has 0 spiro atoms. The van der Waals surface area contributed by atoms with Crippen molar-refractivity contribution >= 4 is 0 Å². The van der Waals surface area contributed by atoms with Gasteiger partial charge in [-0.2, -0.15) is 0 Å². The van der Waals surface area contributed by atoms with Gasteiger partial charge in [-0.15, -0.1) is 5.10 Å². The van der Waals surface area contributed by atoms with Gasteiger partial charge < -0.3 is 5.32 Å². The van der Waals surface area contributed by atoms with Gasteiger partial charge in [0.2, 0.25) is 0 Å². The van der Waals surface area contributed by atoms with Gasteiger partial charge in [0.15, 0.2) is 0 Å². The van der Waals surface area contributed by atoms with Crippen LogP contribution in [0.4, 0.5) is 0 Å². The summed E-state index contributed by atoms with van der Waals surface area (Å²) in [5.74, 6) is 0.729. The maximum absolute atomic E-state index is 4.13. The van der Waals surface area contributed by atoms with Crippen molar-refractivity contribution < 1.29 is 0 Å². The highest BCUT2D eigenvalue weighted by Gasteiger charge is 2.09. The molecule has 0 saturated carbocycles.